The van der Waals surface area contributed by atoms with Crippen LogP contribution in [0.25, 0.3) is 5.76 Å². The molecule has 1 fully saturated rings. The zero-order valence-electron chi connectivity index (χ0n) is 21.8. The van der Waals surface area contributed by atoms with Crippen LogP contribution in [-0.4, -0.2) is 41.5 Å². The van der Waals surface area contributed by atoms with Crippen molar-refractivity contribution in [3.63, 3.8) is 0 Å². The Morgan fingerprint density at radius 2 is 1.84 bits per heavy atom. The van der Waals surface area contributed by atoms with E-state index in [2.05, 4.69) is 4.98 Å². The van der Waals surface area contributed by atoms with Gasteiger partial charge in [0.2, 0.25) is 0 Å². The fourth-order valence-corrected chi connectivity index (χ4v) is 4.47. The summed E-state index contributed by atoms with van der Waals surface area (Å²) in [5, 5.41) is 11.5. The number of methoxy groups -OCH3 is 1. The van der Waals surface area contributed by atoms with Gasteiger partial charge in [0.25, 0.3) is 11.7 Å². The first-order chi connectivity index (χ1) is 18.3. The maximum atomic E-state index is 13.4. The van der Waals surface area contributed by atoms with E-state index in [-0.39, 0.29) is 29.4 Å². The largest absolute Gasteiger partial charge is 0.507 e. The van der Waals surface area contributed by atoms with Crippen molar-refractivity contribution in [2.75, 3.05) is 18.6 Å². The minimum atomic E-state index is -1.01. The van der Waals surface area contributed by atoms with E-state index in [0.29, 0.717) is 29.1 Å². The lowest BCUT2D eigenvalue weighted by atomic mass is 9.94. The van der Waals surface area contributed by atoms with Crippen LogP contribution in [0.3, 0.4) is 0 Å². The summed E-state index contributed by atoms with van der Waals surface area (Å²) in [6.45, 7) is 6.14. The molecule has 1 atom stereocenters. The van der Waals surface area contributed by atoms with Crippen LogP contribution < -0.4 is 9.64 Å². The number of aliphatic hydroxyl groups is 1. The summed E-state index contributed by atoms with van der Waals surface area (Å²) >= 11 is 0. The van der Waals surface area contributed by atoms with E-state index in [9.17, 15) is 19.5 Å². The van der Waals surface area contributed by atoms with Gasteiger partial charge in [-0.25, -0.2) is 4.79 Å². The first-order valence-corrected chi connectivity index (χ1v) is 12.5. The molecule has 1 aliphatic rings. The average Bonchev–Trinajstić information content (AvgIpc) is 3.21. The van der Waals surface area contributed by atoms with Crippen LogP contribution >= 0.6 is 0 Å². The smallest absolute Gasteiger partial charge is 0.338 e. The van der Waals surface area contributed by atoms with Crippen molar-refractivity contribution in [1.82, 2.24) is 4.98 Å². The molecule has 0 radical (unpaired) electrons. The monoisotopic (exact) mass is 514 g/mol. The Hall–Kier alpha value is -4.46. The second kappa shape index (κ2) is 11.3. The molecular formula is C30H30N2O6. The number of pyridine rings is 1. The van der Waals surface area contributed by atoms with E-state index in [0.717, 1.165) is 5.56 Å². The normalized spacial score (nSPS) is 16.7. The number of ether oxygens (including phenoxy) is 2. The zero-order chi connectivity index (χ0) is 27.4. The summed E-state index contributed by atoms with van der Waals surface area (Å²) in [6, 6.07) is 15.6. The number of benzene rings is 2. The number of ketones is 1. The van der Waals surface area contributed by atoms with Gasteiger partial charge in [-0.3, -0.25) is 19.5 Å². The highest BCUT2D eigenvalue weighted by molar-refractivity contribution is 6.51. The predicted molar refractivity (Wildman–Crippen MR) is 143 cm³/mol. The Morgan fingerprint density at radius 3 is 2.50 bits per heavy atom. The summed E-state index contributed by atoms with van der Waals surface area (Å²) < 4.78 is 10.7. The van der Waals surface area contributed by atoms with Gasteiger partial charge < -0.3 is 14.6 Å². The third-order valence-corrected chi connectivity index (χ3v) is 6.33. The molecule has 3 aromatic rings. The maximum Gasteiger partial charge on any atom is 0.338 e. The predicted octanol–water partition coefficient (Wildman–Crippen LogP) is 5.41. The van der Waals surface area contributed by atoms with Gasteiger partial charge in [0.05, 0.1) is 30.5 Å². The topological polar surface area (TPSA) is 106 Å². The van der Waals surface area contributed by atoms with Gasteiger partial charge in [0.15, 0.2) is 0 Å². The number of rotatable bonds is 8. The molecule has 0 aliphatic carbocycles. The van der Waals surface area contributed by atoms with E-state index in [1.54, 1.807) is 67.9 Å². The van der Waals surface area contributed by atoms with E-state index in [1.165, 1.54) is 11.0 Å². The van der Waals surface area contributed by atoms with Crippen LogP contribution in [-0.2, 0) is 14.3 Å². The van der Waals surface area contributed by atoms with Crippen molar-refractivity contribution >= 4 is 29.1 Å². The number of nitrogens with zero attached hydrogens (tertiary/aromatic N) is 2. The van der Waals surface area contributed by atoms with Crippen LogP contribution in [0.5, 0.6) is 5.75 Å². The SMILES string of the molecule is CCCOC(=O)c1cccc(N2C(=O)C(=O)/C(=C(\O)c3ccc(OC)c(C(C)C)c3)C2c2ccccn2)c1. The van der Waals surface area contributed by atoms with Gasteiger partial charge in [-0.2, -0.15) is 0 Å². The number of hydrogen-bond acceptors (Lipinski definition) is 7. The number of aromatic nitrogens is 1. The van der Waals surface area contributed by atoms with Gasteiger partial charge in [0, 0.05) is 17.4 Å². The van der Waals surface area contributed by atoms with E-state index < -0.39 is 23.7 Å². The highest BCUT2D eigenvalue weighted by Crippen LogP contribution is 2.42. The Labute approximate surface area is 221 Å². The number of carbonyl (C=O) groups excluding carboxylic acids is 3. The van der Waals surface area contributed by atoms with Crippen LogP contribution in [0.4, 0.5) is 5.69 Å². The lowest BCUT2D eigenvalue weighted by molar-refractivity contribution is -0.132. The first-order valence-electron chi connectivity index (χ1n) is 12.5. The molecule has 1 amide bonds. The molecule has 196 valence electrons. The van der Waals surface area contributed by atoms with Gasteiger partial charge in [0.1, 0.15) is 17.6 Å². The number of carbonyl (C=O) groups is 3. The summed E-state index contributed by atoms with van der Waals surface area (Å²) in [6.07, 6.45) is 2.22. The third kappa shape index (κ3) is 5.02. The molecule has 8 nitrogen and oxygen atoms in total. The summed E-state index contributed by atoms with van der Waals surface area (Å²) in [5.41, 5.74) is 2.08. The van der Waals surface area contributed by atoms with Crippen LogP contribution in [0, 0.1) is 0 Å². The Bertz CT molecular complexity index is 1400. The molecule has 1 saturated heterocycles. The first kappa shape index (κ1) is 26.6. The van der Waals surface area contributed by atoms with Crippen LogP contribution in [0.2, 0.25) is 0 Å². The molecule has 0 saturated carbocycles. The third-order valence-electron chi connectivity index (χ3n) is 6.33. The Balaban J connectivity index is 1.88. The maximum absolute atomic E-state index is 13.4. The standard InChI is InChI=1S/C30H30N2O6/c1-5-15-38-30(36)20-9-8-10-21(16-20)32-26(23-11-6-7-14-31-23)25(28(34)29(32)35)27(33)19-12-13-24(37-4)22(17-19)18(2)3/h6-14,16-18,26,33H,5,15H2,1-4H3/b27-25-. The van der Waals surface area contributed by atoms with Gasteiger partial charge >= 0.3 is 5.97 Å². The van der Waals surface area contributed by atoms with Crippen molar-refractivity contribution in [1.29, 1.82) is 0 Å². The van der Waals surface area contributed by atoms with Crippen LogP contribution in [0.1, 0.15) is 66.3 Å². The Morgan fingerprint density at radius 1 is 1.05 bits per heavy atom. The number of Topliss-reactive ketones (excluding diaryl/α,β-unsaturated/α-hetero) is 1. The highest BCUT2D eigenvalue weighted by Gasteiger charge is 2.47. The van der Waals surface area contributed by atoms with Gasteiger partial charge in [-0.15, -0.1) is 0 Å². The molecule has 0 bridgehead atoms. The molecule has 2 heterocycles. The van der Waals surface area contributed by atoms with E-state index in [4.69, 9.17) is 9.47 Å². The molecule has 38 heavy (non-hydrogen) atoms. The summed E-state index contributed by atoms with van der Waals surface area (Å²) in [4.78, 5) is 45.0. The van der Waals surface area contributed by atoms with E-state index in [1.807, 2.05) is 20.8 Å². The lowest BCUT2D eigenvalue weighted by Crippen LogP contribution is -2.30. The average molecular weight is 515 g/mol. The number of esters is 1. The van der Waals surface area contributed by atoms with Crippen molar-refractivity contribution in [2.45, 2.75) is 39.2 Å². The Kier molecular flexibility index (Phi) is 7.90. The molecule has 2 aromatic carbocycles. The van der Waals surface area contributed by atoms with Crippen molar-refractivity contribution in [3.05, 3.63) is 94.8 Å². The number of anilines is 1. The molecule has 1 N–H and O–H groups in total. The minimum Gasteiger partial charge on any atom is -0.507 e. The zero-order valence-corrected chi connectivity index (χ0v) is 21.8. The van der Waals surface area contributed by atoms with E-state index >= 15 is 0 Å². The number of aliphatic hydroxyl groups excluding tert-OH is 1. The molecule has 8 heteroatoms. The number of hydrogen-bond donors (Lipinski definition) is 1. The molecule has 0 spiro atoms. The summed E-state index contributed by atoms with van der Waals surface area (Å²) in [7, 11) is 1.57. The fourth-order valence-electron chi connectivity index (χ4n) is 4.47. The van der Waals surface area contributed by atoms with Crippen molar-refractivity contribution in [3.8, 4) is 5.75 Å². The second-order valence-electron chi connectivity index (χ2n) is 9.22. The molecule has 1 aromatic heterocycles. The van der Waals surface area contributed by atoms with Crippen LogP contribution in [0.15, 0.2) is 72.4 Å². The van der Waals surface area contributed by atoms with Crippen molar-refractivity contribution < 1.29 is 29.0 Å². The highest BCUT2D eigenvalue weighted by atomic mass is 16.5. The number of amides is 1. The van der Waals surface area contributed by atoms with Gasteiger partial charge in [-0.1, -0.05) is 32.9 Å². The second-order valence-corrected chi connectivity index (χ2v) is 9.22. The lowest BCUT2D eigenvalue weighted by Gasteiger charge is -2.25. The van der Waals surface area contributed by atoms with Gasteiger partial charge in [-0.05, 0) is 66.4 Å². The fraction of sp³-hybridized carbons (Fsp3) is 0.267. The van der Waals surface area contributed by atoms with Crippen molar-refractivity contribution in [2.24, 2.45) is 0 Å². The molecular weight excluding hydrogens is 484 g/mol. The quantitative estimate of drug-likeness (QED) is 0.185. The summed E-state index contributed by atoms with van der Waals surface area (Å²) in [5.74, 6) is -1.78. The molecule has 1 unspecified atom stereocenters. The molecule has 4 rings (SSSR count). The minimum absolute atomic E-state index is 0.0851. The molecule has 1 aliphatic heterocycles.